The van der Waals surface area contributed by atoms with Gasteiger partial charge in [-0.2, -0.15) is 4.98 Å². The van der Waals surface area contributed by atoms with E-state index in [0.29, 0.717) is 24.6 Å². The Morgan fingerprint density at radius 2 is 1.92 bits per heavy atom. The molecule has 2 rings (SSSR count). The number of nitrogens with zero attached hydrogens (tertiary/aromatic N) is 2. The van der Waals surface area contributed by atoms with Gasteiger partial charge in [-0.25, -0.2) is 9.78 Å². The average Bonchev–Trinajstić information content (AvgIpc) is 2.56. The van der Waals surface area contributed by atoms with Gasteiger partial charge in [0, 0.05) is 24.0 Å². The molecule has 1 heterocycles. The topological polar surface area (TPSA) is 114 Å². The molecule has 0 aliphatic rings. The maximum absolute atomic E-state index is 12.2. The van der Waals surface area contributed by atoms with E-state index in [4.69, 9.17) is 10.5 Å². The Balaban J connectivity index is 1.94. The Morgan fingerprint density at radius 3 is 2.58 bits per heavy atom. The van der Waals surface area contributed by atoms with Crippen LogP contribution >= 0.6 is 0 Å². The van der Waals surface area contributed by atoms with Gasteiger partial charge in [-0.1, -0.05) is 0 Å². The molecule has 8 nitrogen and oxygen atoms in total. The van der Waals surface area contributed by atoms with Crippen molar-refractivity contribution < 1.29 is 9.53 Å². The lowest BCUT2D eigenvalue weighted by Gasteiger charge is -2.11. The van der Waals surface area contributed by atoms with Crippen molar-refractivity contribution in [1.82, 2.24) is 9.97 Å². The molecular weight excluding hydrogens is 332 g/mol. The number of hydrogen-bond donors (Lipinski definition) is 4. The van der Waals surface area contributed by atoms with Crippen LogP contribution in [0.15, 0.2) is 30.3 Å². The van der Waals surface area contributed by atoms with Crippen molar-refractivity contribution in [3.63, 3.8) is 0 Å². The fourth-order valence-electron chi connectivity index (χ4n) is 2.19. The number of aromatic nitrogens is 2. The Labute approximate surface area is 153 Å². The number of anilines is 3. The van der Waals surface area contributed by atoms with Crippen molar-refractivity contribution in [1.29, 1.82) is 0 Å². The fraction of sp³-hybridized carbons (Fsp3) is 0.389. The smallest absolute Gasteiger partial charge is 0.326 e. The number of nitrogens with one attached hydrogen (secondary N) is 3. The summed E-state index contributed by atoms with van der Waals surface area (Å²) in [5, 5.41) is 8.54. The third kappa shape index (κ3) is 6.56. The van der Waals surface area contributed by atoms with E-state index in [1.54, 1.807) is 24.3 Å². The first-order valence-corrected chi connectivity index (χ1v) is 8.60. The van der Waals surface area contributed by atoms with Crippen molar-refractivity contribution in [2.24, 2.45) is 5.73 Å². The van der Waals surface area contributed by atoms with Crippen LogP contribution in [0.5, 0.6) is 5.75 Å². The highest BCUT2D eigenvalue weighted by Crippen LogP contribution is 2.17. The van der Waals surface area contributed by atoms with E-state index in [9.17, 15) is 4.79 Å². The minimum Gasteiger partial charge on any atom is -0.491 e. The highest BCUT2D eigenvalue weighted by Gasteiger charge is 2.08. The first-order chi connectivity index (χ1) is 12.5. The van der Waals surface area contributed by atoms with E-state index >= 15 is 0 Å². The lowest BCUT2D eigenvalue weighted by atomic mass is 10.3. The monoisotopic (exact) mass is 358 g/mol. The van der Waals surface area contributed by atoms with Gasteiger partial charge in [-0.3, -0.25) is 5.32 Å². The highest BCUT2D eigenvalue weighted by molar-refractivity contribution is 5.98. The molecule has 0 saturated carbocycles. The second kappa shape index (κ2) is 9.57. The molecule has 2 aromatic rings. The molecule has 0 saturated heterocycles. The van der Waals surface area contributed by atoms with Gasteiger partial charge in [0.2, 0.25) is 5.95 Å². The number of carbonyl (C=O) groups excluding carboxylic acids is 1. The predicted molar refractivity (Wildman–Crippen MR) is 104 cm³/mol. The number of carbonyl (C=O) groups is 1. The zero-order chi connectivity index (χ0) is 18.9. The Bertz CT molecular complexity index is 718. The molecule has 1 aromatic heterocycles. The third-order valence-electron chi connectivity index (χ3n) is 3.25. The summed E-state index contributed by atoms with van der Waals surface area (Å²) in [5.41, 5.74) is 6.88. The van der Waals surface area contributed by atoms with Crippen LogP contribution < -0.4 is 26.4 Å². The highest BCUT2D eigenvalue weighted by atomic mass is 16.5. The Morgan fingerprint density at radius 1 is 1.19 bits per heavy atom. The SMILES string of the molecule is Cc1cc(NCCCN)nc(NC(=O)Nc2ccc(OC(C)C)cc2)n1. The molecule has 8 heteroatoms. The van der Waals surface area contributed by atoms with Crippen LogP contribution in [0, 0.1) is 6.92 Å². The van der Waals surface area contributed by atoms with E-state index < -0.39 is 6.03 Å². The Kier molecular flexibility index (Phi) is 7.16. The molecule has 1 aromatic carbocycles. The summed E-state index contributed by atoms with van der Waals surface area (Å²) in [6, 6.07) is 8.55. The van der Waals surface area contributed by atoms with E-state index in [2.05, 4.69) is 25.9 Å². The van der Waals surface area contributed by atoms with Crippen molar-refractivity contribution in [3.05, 3.63) is 36.0 Å². The van der Waals surface area contributed by atoms with Crippen LogP contribution in [-0.4, -0.2) is 35.2 Å². The average molecular weight is 358 g/mol. The maximum atomic E-state index is 12.2. The van der Waals surface area contributed by atoms with Crippen LogP contribution in [0.4, 0.5) is 22.2 Å². The second-order valence-corrected chi connectivity index (χ2v) is 6.06. The van der Waals surface area contributed by atoms with E-state index in [1.807, 2.05) is 26.8 Å². The summed E-state index contributed by atoms with van der Waals surface area (Å²) in [6.45, 7) is 7.07. The molecule has 5 N–H and O–H groups in total. The molecule has 2 amide bonds. The minimum absolute atomic E-state index is 0.100. The summed E-state index contributed by atoms with van der Waals surface area (Å²) in [7, 11) is 0. The summed E-state index contributed by atoms with van der Waals surface area (Å²) < 4.78 is 5.57. The van der Waals surface area contributed by atoms with Gasteiger partial charge >= 0.3 is 6.03 Å². The van der Waals surface area contributed by atoms with Crippen molar-refractivity contribution >= 4 is 23.5 Å². The maximum Gasteiger partial charge on any atom is 0.326 e. The molecule has 26 heavy (non-hydrogen) atoms. The van der Waals surface area contributed by atoms with E-state index in [-0.39, 0.29) is 12.1 Å². The quantitative estimate of drug-likeness (QED) is 0.539. The van der Waals surface area contributed by atoms with Gasteiger partial charge in [-0.15, -0.1) is 0 Å². The number of rotatable bonds is 8. The van der Waals surface area contributed by atoms with E-state index in [0.717, 1.165) is 17.9 Å². The summed E-state index contributed by atoms with van der Waals surface area (Å²) in [6.07, 6.45) is 0.936. The zero-order valence-corrected chi connectivity index (χ0v) is 15.4. The molecule has 140 valence electrons. The van der Waals surface area contributed by atoms with Crippen molar-refractivity contribution in [2.75, 3.05) is 29.0 Å². The number of hydrogen-bond acceptors (Lipinski definition) is 6. The lowest BCUT2D eigenvalue weighted by Crippen LogP contribution is -2.21. The first kappa shape index (κ1) is 19.5. The van der Waals surface area contributed by atoms with Gasteiger partial charge in [0.1, 0.15) is 11.6 Å². The normalized spacial score (nSPS) is 10.5. The van der Waals surface area contributed by atoms with Gasteiger partial charge < -0.3 is 21.1 Å². The number of urea groups is 1. The van der Waals surface area contributed by atoms with Gasteiger partial charge in [0.05, 0.1) is 6.10 Å². The number of nitrogens with two attached hydrogens (primary N) is 1. The molecule has 0 aliphatic heterocycles. The predicted octanol–water partition coefficient (Wildman–Crippen LogP) is 2.98. The van der Waals surface area contributed by atoms with Gasteiger partial charge in [0.25, 0.3) is 0 Å². The first-order valence-electron chi connectivity index (χ1n) is 8.60. The standard InChI is InChI=1S/C18H26N6O2/c1-12(2)26-15-7-5-14(6-8-15)22-18(25)24-17-21-13(3)11-16(23-17)20-10-4-9-19/h5-8,11-12H,4,9-10,19H2,1-3H3,(H3,20,21,22,23,24,25). The summed E-state index contributed by atoms with van der Waals surface area (Å²) in [4.78, 5) is 20.7. The largest absolute Gasteiger partial charge is 0.491 e. The molecule has 0 atom stereocenters. The van der Waals surface area contributed by atoms with Gasteiger partial charge in [-0.05, 0) is 58.0 Å². The molecule has 0 fully saturated rings. The molecule has 0 aliphatic carbocycles. The summed E-state index contributed by atoms with van der Waals surface area (Å²) in [5.74, 6) is 1.63. The molecule has 0 radical (unpaired) electrons. The summed E-state index contributed by atoms with van der Waals surface area (Å²) >= 11 is 0. The van der Waals surface area contributed by atoms with Crippen LogP contribution in [0.1, 0.15) is 26.0 Å². The van der Waals surface area contributed by atoms with Gasteiger partial charge in [0.15, 0.2) is 0 Å². The second-order valence-electron chi connectivity index (χ2n) is 6.06. The Hall–Kier alpha value is -2.87. The van der Waals surface area contributed by atoms with Crippen LogP contribution in [0.2, 0.25) is 0 Å². The number of aryl methyl sites for hydroxylation is 1. The van der Waals surface area contributed by atoms with Crippen molar-refractivity contribution in [3.8, 4) is 5.75 Å². The van der Waals surface area contributed by atoms with Crippen LogP contribution in [-0.2, 0) is 0 Å². The molecule has 0 bridgehead atoms. The van der Waals surface area contributed by atoms with E-state index in [1.165, 1.54) is 0 Å². The number of amides is 2. The molecular formula is C18H26N6O2. The van der Waals surface area contributed by atoms with Crippen LogP contribution in [0.3, 0.4) is 0 Å². The number of benzene rings is 1. The number of ether oxygens (including phenoxy) is 1. The lowest BCUT2D eigenvalue weighted by molar-refractivity contribution is 0.242. The molecule has 0 spiro atoms. The minimum atomic E-state index is -0.416. The van der Waals surface area contributed by atoms with Crippen molar-refractivity contribution in [2.45, 2.75) is 33.3 Å². The van der Waals surface area contributed by atoms with Crippen LogP contribution in [0.25, 0.3) is 0 Å². The zero-order valence-electron chi connectivity index (χ0n) is 15.4. The third-order valence-corrected chi connectivity index (χ3v) is 3.25. The fourth-order valence-corrected chi connectivity index (χ4v) is 2.19. The molecule has 0 unspecified atom stereocenters.